The summed E-state index contributed by atoms with van der Waals surface area (Å²) in [5, 5.41) is 14.7. The molecule has 188 valence electrons. The van der Waals surface area contributed by atoms with Gasteiger partial charge in [0.05, 0.1) is 22.0 Å². The molecule has 0 atom stereocenters. The van der Waals surface area contributed by atoms with E-state index in [1.807, 2.05) is 36.5 Å². The lowest BCUT2D eigenvalue weighted by atomic mass is 10.1. The van der Waals surface area contributed by atoms with E-state index in [4.69, 9.17) is 21.7 Å². The fourth-order valence-electron chi connectivity index (χ4n) is 3.31. The quantitative estimate of drug-likeness (QED) is 0.194. The molecule has 0 unspecified atom stereocenters. The van der Waals surface area contributed by atoms with Crippen LogP contribution in [0.15, 0.2) is 97.3 Å². The maximum Gasteiger partial charge on any atom is 0.432 e. The summed E-state index contributed by atoms with van der Waals surface area (Å²) in [6.45, 7) is 0.0436. The highest BCUT2D eigenvalue weighted by atomic mass is 35.5. The van der Waals surface area contributed by atoms with Crippen molar-refractivity contribution in [1.29, 1.82) is 5.41 Å². The maximum absolute atomic E-state index is 13.0. The van der Waals surface area contributed by atoms with Crippen LogP contribution in [-0.2, 0) is 11.3 Å². The number of ether oxygens (including phenoxy) is 1. The first kappa shape index (κ1) is 25.7. The molecule has 4 rings (SSSR count). The van der Waals surface area contributed by atoms with Crippen LogP contribution < -0.4 is 5.32 Å². The van der Waals surface area contributed by atoms with E-state index in [1.165, 1.54) is 24.3 Å². The van der Waals surface area contributed by atoms with Gasteiger partial charge in [-0.15, -0.1) is 0 Å². The van der Waals surface area contributed by atoms with Crippen LogP contribution in [0.25, 0.3) is 11.4 Å². The minimum atomic E-state index is -4.83. The van der Waals surface area contributed by atoms with Gasteiger partial charge in [-0.1, -0.05) is 48.0 Å². The van der Waals surface area contributed by atoms with Crippen molar-refractivity contribution in [2.45, 2.75) is 12.8 Å². The molecule has 0 radical (unpaired) electrons. The van der Waals surface area contributed by atoms with E-state index in [0.29, 0.717) is 22.3 Å². The van der Waals surface area contributed by atoms with Gasteiger partial charge in [0.2, 0.25) is 0 Å². The Morgan fingerprint density at radius 2 is 1.68 bits per heavy atom. The number of benzene rings is 3. The van der Waals surface area contributed by atoms with Crippen molar-refractivity contribution in [2.24, 2.45) is 0 Å². The van der Waals surface area contributed by atoms with Gasteiger partial charge >= 0.3 is 12.1 Å². The van der Waals surface area contributed by atoms with Crippen LogP contribution >= 0.6 is 11.6 Å². The molecule has 0 aliphatic heterocycles. The number of hydrogen-bond acceptors (Lipinski definition) is 5. The van der Waals surface area contributed by atoms with Crippen molar-refractivity contribution in [3.63, 3.8) is 0 Å². The minimum Gasteiger partial charge on any atom is -0.457 e. The van der Waals surface area contributed by atoms with Gasteiger partial charge in [0.15, 0.2) is 0 Å². The second kappa shape index (κ2) is 11.1. The monoisotopic (exact) mass is 524 g/mol. The molecule has 10 heteroatoms. The third kappa shape index (κ3) is 6.65. The summed E-state index contributed by atoms with van der Waals surface area (Å²) in [7, 11) is 0. The number of carbonyl (C=O) groups excluding carboxylic acids is 1. The van der Waals surface area contributed by atoms with Crippen molar-refractivity contribution < 1.29 is 22.7 Å². The van der Waals surface area contributed by atoms with E-state index in [0.717, 1.165) is 11.3 Å². The summed E-state index contributed by atoms with van der Waals surface area (Å²) in [4.78, 5) is 12.5. The van der Waals surface area contributed by atoms with Crippen molar-refractivity contribution in [1.82, 2.24) is 9.78 Å². The van der Waals surface area contributed by atoms with Gasteiger partial charge in [-0.25, -0.2) is 9.48 Å². The Morgan fingerprint density at radius 3 is 2.30 bits per heavy atom. The first-order valence-electron chi connectivity index (χ1n) is 11.0. The summed E-state index contributed by atoms with van der Waals surface area (Å²) in [5.74, 6) is -0.588. The molecule has 1 heterocycles. The molecular formula is C27H20ClF3N4O2. The lowest BCUT2D eigenvalue weighted by molar-refractivity contribution is -0.0583. The van der Waals surface area contributed by atoms with E-state index >= 15 is 0 Å². The summed E-state index contributed by atoms with van der Waals surface area (Å²) in [6.07, 6.45) is -0.667. The third-order valence-corrected chi connectivity index (χ3v) is 5.57. The molecule has 2 N–H and O–H groups in total. The number of carbonyl (C=O) groups is 1. The smallest absolute Gasteiger partial charge is 0.432 e. The van der Waals surface area contributed by atoms with E-state index in [1.54, 1.807) is 35.1 Å². The van der Waals surface area contributed by atoms with Gasteiger partial charge in [-0.3, -0.25) is 5.41 Å². The average molecular weight is 525 g/mol. The predicted molar refractivity (Wildman–Crippen MR) is 136 cm³/mol. The summed E-state index contributed by atoms with van der Waals surface area (Å²) >= 11 is 6.14. The zero-order chi connectivity index (χ0) is 26.4. The largest absolute Gasteiger partial charge is 0.457 e. The third-order valence-electron chi connectivity index (χ3n) is 5.24. The number of hydrogen-bond donors (Lipinski definition) is 2. The molecule has 37 heavy (non-hydrogen) atoms. The van der Waals surface area contributed by atoms with Crippen LogP contribution in [0.2, 0.25) is 5.02 Å². The number of esters is 1. The second-order valence-electron chi connectivity index (χ2n) is 7.84. The number of halogens is 4. The number of aromatic nitrogens is 2. The topological polar surface area (TPSA) is 80.0 Å². The second-order valence-corrected chi connectivity index (χ2v) is 8.25. The van der Waals surface area contributed by atoms with Gasteiger partial charge in [-0.05, 0) is 59.7 Å². The van der Waals surface area contributed by atoms with E-state index < -0.39 is 17.9 Å². The lowest BCUT2D eigenvalue weighted by Gasteiger charge is -2.15. The fourth-order valence-corrected chi connectivity index (χ4v) is 3.49. The number of rotatable bonds is 8. The SMILES string of the molecule is N=C(/C=C(\Nc1ccccc1Cl)c1ccc(C(=O)OCc2ccc(-n3cccn3)cc2)cc1)C(F)(F)F. The molecular weight excluding hydrogens is 505 g/mol. The Hall–Kier alpha value is -4.37. The summed E-state index contributed by atoms with van der Waals surface area (Å²) in [6, 6.07) is 21.5. The number of anilines is 1. The average Bonchev–Trinajstić information content (AvgIpc) is 3.43. The molecule has 0 saturated heterocycles. The summed E-state index contributed by atoms with van der Waals surface area (Å²) in [5.41, 5.74) is 1.01. The lowest BCUT2D eigenvalue weighted by Crippen LogP contribution is -2.20. The number of alkyl halides is 3. The first-order chi connectivity index (χ1) is 17.7. The molecule has 0 fully saturated rings. The van der Waals surface area contributed by atoms with Crippen LogP contribution in [0.1, 0.15) is 21.5 Å². The van der Waals surface area contributed by atoms with Crippen LogP contribution in [-0.4, -0.2) is 27.6 Å². The molecule has 0 bridgehead atoms. The molecule has 1 aromatic heterocycles. The normalized spacial score (nSPS) is 11.7. The highest BCUT2D eigenvalue weighted by Crippen LogP contribution is 2.27. The molecule has 0 aliphatic carbocycles. The highest BCUT2D eigenvalue weighted by Gasteiger charge is 2.33. The molecule has 0 spiro atoms. The van der Waals surface area contributed by atoms with E-state index in [2.05, 4.69) is 10.4 Å². The fraction of sp³-hybridized carbons (Fsp3) is 0.0741. The molecule has 0 aliphatic rings. The van der Waals surface area contributed by atoms with Crippen molar-refractivity contribution >= 4 is 34.7 Å². The number of allylic oxidation sites excluding steroid dienone is 1. The standard InChI is InChI=1S/C27H20ClF3N4O2/c28-22-4-1-2-5-23(22)34-24(16-25(32)27(29,30)31)19-8-10-20(11-9-19)26(36)37-17-18-6-12-21(13-7-18)35-15-3-14-33-35/h1-16,32,34H,17H2/b24-16-,32-25?. The highest BCUT2D eigenvalue weighted by molar-refractivity contribution is 6.33. The number of nitrogens with zero attached hydrogens (tertiary/aromatic N) is 2. The molecule has 0 amide bonds. The Balaban J connectivity index is 1.47. The van der Waals surface area contributed by atoms with Crippen LogP contribution in [0.3, 0.4) is 0 Å². The Kier molecular flexibility index (Phi) is 7.74. The molecule has 3 aromatic carbocycles. The minimum absolute atomic E-state index is 0.00684. The van der Waals surface area contributed by atoms with Crippen molar-refractivity contribution in [3.05, 3.63) is 119 Å². The van der Waals surface area contributed by atoms with Crippen molar-refractivity contribution in [2.75, 3.05) is 5.32 Å². The number of para-hydroxylation sites is 1. The predicted octanol–water partition coefficient (Wildman–Crippen LogP) is 6.92. The van der Waals surface area contributed by atoms with Gasteiger partial charge < -0.3 is 10.1 Å². The molecule has 0 saturated carbocycles. The van der Waals surface area contributed by atoms with Crippen molar-refractivity contribution in [3.8, 4) is 5.69 Å². The van der Waals surface area contributed by atoms with Gasteiger partial charge in [0.25, 0.3) is 0 Å². The van der Waals surface area contributed by atoms with Crippen LogP contribution in [0.4, 0.5) is 18.9 Å². The maximum atomic E-state index is 13.0. The Bertz CT molecular complexity index is 1420. The van der Waals surface area contributed by atoms with E-state index in [-0.39, 0.29) is 17.9 Å². The zero-order valence-electron chi connectivity index (χ0n) is 19.2. The Morgan fingerprint density at radius 1 is 1.00 bits per heavy atom. The van der Waals surface area contributed by atoms with Crippen LogP contribution in [0, 0.1) is 5.41 Å². The molecule has 6 nitrogen and oxygen atoms in total. The van der Waals surface area contributed by atoms with E-state index in [9.17, 15) is 18.0 Å². The molecule has 4 aromatic rings. The van der Waals surface area contributed by atoms with Gasteiger partial charge in [-0.2, -0.15) is 18.3 Å². The van der Waals surface area contributed by atoms with Crippen LogP contribution in [0.5, 0.6) is 0 Å². The number of nitrogens with one attached hydrogen (secondary N) is 2. The zero-order valence-corrected chi connectivity index (χ0v) is 19.9. The van der Waals surface area contributed by atoms with Gasteiger partial charge in [0, 0.05) is 18.1 Å². The summed E-state index contributed by atoms with van der Waals surface area (Å²) < 4.78 is 46.2. The van der Waals surface area contributed by atoms with Gasteiger partial charge in [0.1, 0.15) is 12.3 Å². The first-order valence-corrected chi connectivity index (χ1v) is 11.3. The Labute approximate surface area is 215 Å².